The summed E-state index contributed by atoms with van der Waals surface area (Å²) in [4.78, 5) is 12.0. The molecule has 6 heteroatoms. The number of carbonyl (C=O) groups is 1. The zero-order valence-electron chi connectivity index (χ0n) is 9.58. The molecule has 0 fully saturated rings. The Bertz CT molecular complexity index is 647. The summed E-state index contributed by atoms with van der Waals surface area (Å²) in [7, 11) is 0. The summed E-state index contributed by atoms with van der Waals surface area (Å²) in [5.41, 5.74) is 6.94. The second-order valence-electron chi connectivity index (χ2n) is 3.82. The van der Waals surface area contributed by atoms with Gasteiger partial charge in [-0.2, -0.15) is 0 Å². The van der Waals surface area contributed by atoms with E-state index in [9.17, 15) is 9.18 Å². The van der Waals surface area contributed by atoms with Gasteiger partial charge in [0.25, 0.3) is 5.91 Å². The minimum Gasteiger partial charge on any atom is -0.399 e. The van der Waals surface area contributed by atoms with Crippen molar-refractivity contribution in [1.82, 2.24) is 0 Å². The average molecular weight is 388 g/mol. The molecule has 0 saturated carbocycles. The predicted molar refractivity (Wildman–Crippen MR) is 80.6 cm³/mol. The highest BCUT2D eigenvalue weighted by molar-refractivity contribution is 9.10. The number of nitrogens with one attached hydrogen (secondary N) is 1. The minimum atomic E-state index is -0.487. The highest BCUT2D eigenvalue weighted by Gasteiger charge is 2.10. The molecule has 98 valence electrons. The first-order valence-corrected chi connectivity index (χ1v) is 6.87. The van der Waals surface area contributed by atoms with E-state index in [1.54, 1.807) is 18.2 Å². The summed E-state index contributed by atoms with van der Waals surface area (Å²) in [6, 6.07) is 9.24. The second kappa shape index (κ2) is 5.71. The van der Waals surface area contributed by atoms with Crippen LogP contribution in [-0.2, 0) is 0 Å². The molecule has 2 aromatic rings. The molecule has 1 amide bonds. The van der Waals surface area contributed by atoms with E-state index in [1.165, 1.54) is 18.2 Å². The van der Waals surface area contributed by atoms with Gasteiger partial charge < -0.3 is 11.1 Å². The number of nitrogens with two attached hydrogens (primary N) is 1. The Hall–Kier alpha value is -1.40. The van der Waals surface area contributed by atoms with Crippen molar-refractivity contribution in [1.29, 1.82) is 0 Å². The SMILES string of the molecule is Nc1ccc(Br)c(NC(=O)c2ccc(Br)c(F)c2)c1. The summed E-state index contributed by atoms with van der Waals surface area (Å²) < 4.78 is 14.4. The Morgan fingerprint density at radius 1 is 1.11 bits per heavy atom. The van der Waals surface area contributed by atoms with E-state index in [-0.39, 0.29) is 5.56 Å². The number of rotatable bonds is 2. The molecule has 0 heterocycles. The molecule has 2 rings (SSSR count). The van der Waals surface area contributed by atoms with Crippen LogP contribution in [0.1, 0.15) is 10.4 Å². The molecular formula is C13H9Br2FN2O. The van der Waals surface area contributed by atoms with Crippen molar-refractivity contribution < 1.29 is 9.18 Å². The molecule has 0 spiro atoms. The zero-order valence-corrected chi connectivity index (χ0v) is 12.8. The number of halogens is 3. The normalized spacial score (nSPS) is 10.3. The van der Waals surface area contributed by atoms with Crippen molar-refractivity contribution in [2.75, 3.05) is 11.1 Å². The number of benzene rings is 2. The molecule has 0 bridgehead atoms. The van der Waals surface area contributed by atoms with Gasteiger partial charge in [-0.25, -0.2) is 4.39 Å². The quantitative estimate of drug-likeness (QED) is 0.759. The van der Waals surface area contributed by atoms with E-state index in [0.717, 1.165) is 0 Å². The maximum Gasteiger partial charge on any atom is 0.255 e. The van der Waals surface area contributed by atoms with Crippen LogP contribution in [0.4, 0.5) is 15.8 Å². The van der Waals surface area contributed by atoms with Crippen molar-refractivity contribution >= 4 is 49.1 Å². The predicted octanol–water partition coefficient (Wildman–Crippen LogP) is 4.19. The van der Waals surface area contributed by atoms with Gasteiger partial charge in [0.15, 0.2) is 0 Å². The lowest BCUT2D eigenvalue weighted by Crippen LogP contribution is -2.12. The van der Waals surface area contributed by atoms with Gasteiger partial charge in [-0.05, 0) is 68.3 Å². The van der Waals surface area contributed by atoms with Crippen LogP contribution in [-0.4, -0.2) is 5.91 Å². The molecule has 0 aliphatic rings. The number of hydrogen-bond donors (Lipinski definition) is 2. The Balaban J connectivity index is 2.25. The average Bonchev–Trinajstić information content (AvgIpc) is 2.37. The Kier molecular flexibility index (Phi) is 4.21. The monoisotopic (exact) mass is 386 g/mol. The van der Waals surface area contributed by atoms with Gasteiger partial charge in [0.1, 0.15) is 5.82 Å². The van der Waals surface area contributed by atoms with E-state index in [4.69, 9.17) is 5.73 Å². The summed E-state index contributed by atoms with van der Waals surface area (Å²) in [5, 5.41) is 2.67. The van der Waals surface area contributed by atoms with Gasteiger partial charge in [0.2, 0.25) is 0 Å². The van der Waals surface area contributed by atoms with E-state index < -0.39 is 11.7 Å². The van der Waals surface area contributed by atoms with Crippen molar-refractivity contribution in [3.05, 3.63) is 56.7 Å². The first-order valence-electron chi connectivity index (χ1n) is 5.29. The third-order valence-electron chi connectivity index (χ3n) is 2.42. The van der Waals surface area contributed by atoms with Gasteiger partial charge in [0, 0.05) is 15.7 Å². The topological polar surface area (TPSA) is 55.1 Å². The summed E-state index contributed by atoms with van der Waals surface area (Å²) >= 11 is 6.34. The van der Waals surface area contributed by atoms with E-state index in [2.05, 4.69) is 37.2 Å². The molecule has 3 nitrogen and oxygen atoms in total. The highest BCUT2D eigenvalue weighted by Crippen LogP contribution is 2.25. The lowest BCUT2D eigenvalue weighted by molar-refractivity contribution is 0.102. The molecule has 0 atom stereocenters. The molecule has 0 radical (unpaired) electrons. The molecule has 0 unspecified atom stereocenters. The largest absolute Gasteiger partial charge is 0.399 e. The molecule has 3 N–H and O–H groups in total. The van der Waals surface area contributed by atoms with Crippen LogP contribution in [0, 0.1) is 5.82 Å². The first kappa shape index (κ1) is 14.0. The fraction of sp³-hybridized carbons (Fsp3) is 0. The molecular weight excluding hydrogens is 379 g/mol. The Morgan fingerprint density at radius 3 is 2.47 bits per heavy atom. The van der Waals surface area contributed by atoms with Crippen LogP contribution >= 0.6 is 31.9 Å². The van der Waals surface area contributed by atoms with Crippen LogP contribution in [0.25, 0.3) is 0 Å². The molecule has 0 saturated heterocycles. The lowest BCUT2D eigenvalue weighted by Gasteiger charge is -2.08. The third kappa shape index (κ3) is 3.33. The van der Waals surface area contributed by atoms with Crippen LogP contribution in [0.5, 0.6) is 0 Å². The molecule has 2 aromatic carbocycles. The van der Waals surface area contributed by atoms with Crippen LogP contribution in [0.15, 0.2) is 45.3 Å². The van der Waals surface area contributed by atoms with Gasteiger partial charge >= 0.3 is 0 Å². The summed E-state index contributed by atoms with van der Waals surface area (Å²) in [6.45, 7) is 0. The fourth-order valence-corrected chi connectivity index (χ4v) is 2.06. The van der Waals surface area contributed by atoms with Gasteiger partial charge in [-0.15, -0.1) is 0 Å². The summed E-state index contributed by atoms with van der Waals surface area (Å²) in [6.07, 6.45) is 0. The number of anilines is 2. The first-order chi connectivity index (χ1) is 8.97. The molecule has 19 heavy (non-hydrogen) atoms. The zero-order chi connectivity index (χ0) is 14.0. The summed E-state index contributed by atoms with van der Waals surface area (Å²) in [5.74, 6) is -0.892. The van der Waals surface area contributed by atoms with Crippen LogP contribution in [0.2, 0.25) is 0 Å². The van der Waals surface area contributed by atoms with Crippen LogP contribution < -0.4 is 11.1 Å². The maximum absolute atomic E-state index is 13.4. The van der Waals surface area contributed by atoms with Gasteiger partial charge in [0.05, 0.1) is 10.2 Å². The van der Waals surface area contributed by atoms with Crippen molar-refractivity contribution in [2.24, 2.45) is 0 Å². The van der Waals surface area contributed by atoms with Gasteiger partial charge in [-0.1, -0.05) is 0 Å². The fourth-order valence-electron chi connectivity index (χ4n) is 1.47. The molecule has 0 aliphatic carbocycles. The van der Waals surface area contributed by atoms with Crippen LogP contribution in [0.3, 0.4) is 0 Å². The van der Waals surface area contributed by atoms with Crippen molar-refractivity contribution in [3.8, 4) is 0 Å². The van der Waals surface area contributed by atoms with E-state index in [0.29, 0.717) is 20.3 Å². The Morgan fingerprint density at radius 2 is 1.79 bits per heavy atom. The Labute approximate surface area is 126 Å². The standard InChI is InChI=1S/C13H9Br2FN2O/c14-9-3-1-7(5-11(9)16)13(19)18-12-6-8(17)2-4-10(12)15/h1-6H,17H2,(H,18,19). The molecule has 0 aromatic heterocycles. The van der Waals surface area contributed by atoms with Crippen molar-refractivity contribution in [3.63, 3.8) is 0 Å². The van der Waals surface area contributed by atoms with Crippen molar-refractivity contribution in [2.45, 2.75) is 0 Å². The minimum absolute atomic E-state index is 0.232. The second-order valence-corrected chi connectivity index (χ2v) is 5.53. The van der Waals surface area contributed by atoms with E-state index >= 15 is 0 Å². The van der Waals surface area contributed by atoms with E-state index in [1.807, 2.05) is 0 Å². The number of hydrogen-bond acceptors (Lipinski definition) is 2. The lowest BCUT2D eigenvalue weighted by atomic mass is 10.2. The highest BCUT2D eigenvalue weighted by atomic mass is 79.9. The smallest absolute Gasteiger partial charge is 0.255 e. The number of carbonyl (C=O) groups excluding carboxylic acids is 1. The third-order valence-corrected chi connectivity index (χ3v) is 3.76. The number of amides is 1. The maximum atomic E-state index is 13.4. The number of nitrogen functional groups attached to an aromatic ring is 1. The van der Waals surface area contributed by atoms with Gasteiger partial charge in [-0.3, -0.25) is 4.79 Å². The molecule has 0 aliphatic heterocycles.